The molecule has 1 aliphatic heterocycles. The molecule has 0 bridgehead atoms. The Bertz CT molecular complexity index is 1330. The maximum Gasteiger partial charge on any atom is 0.410 e. The van der Waals surface area contributed by atoms with E-state index in [1.807, 2.05) is 54.6 Å². The number of nitrogens with one attached hydrogen (secondary N) is 1. The number of ether oxygens (including phenoxy) is 2. The van der Waals surface area contributed by atoms with Crippen molar-refractivity contribution in [2.45, 2.75) is 32.9 Å². The highest BCUT2D eigenvalue weighted by atomic mass is 32.1. The van der Waals surface area contributed by atoms with Gasteiger partial charge in [-0.25, -0.2) is 9.78 Å². The first-order valence-corrected chi connectivity index (χ1v) is 13.1. The molecule has 0 fully saturated rings. The van der Waals surface area contributed by atoms with Crippen LogP contribution in [0, 0.1) is 0 Å². The minimum absolute atomic E-state index is 0.239. The van der Waals surface area contributed by atoms with Gasteiger partial charge in [0.25, 0.3) is 5.91 Å². The number of amides is 2. The predicted octanol–water partition coefficient (Wildman–Crippen LogP) is 5.95. The van der Waals surface area contributed by atoms with Gasteiger partial charge in [-0.15, -0.1) is 22.7 Å². The van der Waals surface area contributed by atoms with Gasteiger partial charge < -0.3 is 19.7 Å². The second kappa shape index (κ2) is 10.1. The van der Waals surface area contributed by atoms with Gasteiger partial charge in [0.05, 0.1) is 23.4 Å². The van der Waals surface area contributed by atoms with E-state index in [0.717, 1.165) is 36.2 Å². The zero-order valence-electron chi connectivity index (χ0n) is 19.4. The van der Waals surface area contributed by atoms with Gasteiger partial charge >= 0.3 is 6.09 Å². The van der Waals surface area contributed by atoms with Crippen molar-refractivity contribution in [2.75, 3.05) is 18.5 Å². The van der Waals surface area contributed by atoms with Crippen LogP contribution in [0.4, 0.5) is 9.80 Å². The SMILES string of the molecule is CCOC(=O)N1CCc2c(sc(NC(=O)C(C)Oc3ccccc3)c2-c2nc3ccccc3s2)C1. The largest absolute Gasteiger partial charge is 0.481 e. The van der Waals surface area contributed by atoms with Gasteiger partial charge in [-0.3, -0.25) is 4.79 Å². The van der Waals surface area contributed by atoms with Crippen molar-refractivity contribution in [2.24, 2.45) is 0 Å². The third-order valence-electron chi connectivity index (χ3n) is 5.75. The Morgan fingerprint density at radius 1 is 1.11 bits per heavy atom. The summed E-state index contributed by atoms with van der Waals surface area (Å²) in [6, 6.07) is 17.3. The summed E-state index contributed by atoms with van der Waals surface area (Å²) in [6.07, 6.45) is -0.332. The number of para-hydroxylation sites is 2. The van der Waals surface area contributed by atoms with Crippen LogP contribution < -0.4 is 10.1 Å². The fourth-order valence-corrected chi connectivity index (χ4v) is 6.41. The van der Waals surface area contributed by atoms with Crippen LogP contribution in [0.25, 0.3) is 20.8 Å². The number of anilines is 1. The summed E-state index contributed by atoms with van der Waals surface area (Å²) >= 11 is 3.09. The second-order valence-electron chi connectivity index (χ2n) is 8.13. The molecule has 1 unspecified atom stereocenters. The molecule has 0 aliphatic carbocycles. The predicted molar refractivity (Wildman–Crippen MR) is 139 cm³/mol. The summed E-state index contributed by atoms with van der Waals surface area (Å²) in [6.45, 7) is 4.87. The fraction of sp³-hybridized carbons (Fsp3) is 0.269. The Morgan fingerprint density at radius 2 is 1.89 bits per heavy atom. The Labute approximate surface area is 211 Å². The highest BCUT2D eigenvalue weighted by molar-refractivity contribution is 7.22. The van der Waals surface area contributed by atoms with Gasteiger partial charge in [-0.05, 0) is 50.1 Å². The normalized spacial score (nSPS) is 13.8. The zero-order valence-corrected chi connectivity index (χ0v) is 21.1. The zero-order chi connectivity index (χ0) is 24.4. The molecule has 2 amide bonds. The monoisotopic (exact) mass is 507 g/mol. The molecule has 180 valence electrons. The average molecular weight is 508 g/mol. The van der Waals surface area contributed by atoms with E-state index < -0.39 is 6.10 Å². The lowest BCUT2D eigenvalue weighted by molar-refractivity contribution is -0.122. The van der Waals surface area contributed by atoms with Crippen molar-refractivity contribution < 1.29 is 19.1 Å². The van der Waals surface area contributed by atoms with Gasteiger partial charge in [0.15, 0.2) is 6.10 Å². The van der Waals surface area contributed by atoms with Crippen LogP contribution in [0.2, 0.25) is 0 Å². The molecule has 7 nitrogen and oxygen atoms in total. The third-order valence-corrected chi connectivity index (χ3v) is 7.94. The van der Waals surface area contributed by atoms with Crippen LogP contribution in [-0.2, 0) is 22.5 Å². The number of hydrogen-bond acceptors (Lipinski definition) is 7. The van der Waals surface area contributed by atoms with Crippen molar-refractivity contribution in [3.63, 3.8) is 0 Å². The summed E-state index contributed by atoms with van der Waals surface area (Å²) in [5.41, 5.74) is 2.99. The molecule has 1 N–H and O–H groups in total. The van der Waals surface area contributed by atoms with E-state index in [1.165, 1.54) is 11.3 Å². The summed E-state index contributed by atoms with van der Waals surface area (Å²) in [7, 11) is 0. The van der Waals surface area contributed by atoms with Crippen LogP contribution in [0.1, 0.15) is 24.3 Å². The maximum atomic E-state index is 13.1. The van der Waals surface area contributed by atoms with Crippen molar-refractivity contribution in [3.05, 3.63) is 65.0 Å². The molecule has 2 aromatic heterocycles. The Balaban J connectivity index is 1.47. The molecule has 4 aromatic rings. The molecule has 5 rings (SSSR count). The standard InChI is InChI=1S/C26H25N3O4S2/c1-3-32-26(31)29-14-13-18-21(15-29)35-25(22(18)24-27-19-11-7-8-12-20(19)34-24)28-23(30)16(2)33-17-9-5-4-6-10-17/h4-12,16H,3,13-15H2,1-2H3,(H,28,30). The van der Waals surface area contributed by atoms with E-state index in [1.54, 1.807) is 30.1 Å². The third kappa shape index (κ3) is 4.87. The molecule has 2 aromatic carbocycles. The van der Waals surface area contributed by atoms with Crippen LogP contribution in [-0.4, -0.2) is 41.1 Å². The Hall–Kier alpha value is -3.43. The molecule has 0 spiro atoms. The van der Waals surface area contributed by atoms with Crippen LogP contribution in [0.15, 0.2) is 54.6 Å². The first kappa shape index (κ1) is 23.3. The number of benzene rings is 2. The molecule has 0 radical (unpaired) electrons. The van der Waals surface area contributed by atoms with Gasteiger partial charge in [-0.2, -0.15) is 0 Å². The summed E-state index contributed by atoms with van der Waals surface area (Å²) < 4.78 is 12.1. The van der Waals surface area contributed by atoms with E-state index in [4.69, 9.17) is 14.5 Å². The fourth-order valence-electron chi connectivity index (χ4n) is 4.04. The molecule has 1 aliphatic rings. The highest BCUT2D eigenvalue weighted by Gasteiger charge is 2.30. The quantitative estimate of drug-likeness (QED) is 0.349. The summed E-state index contributed by atoms with van der Waals surface area (Å²) in [4.78, 5) is 33.1. The lowest BCUT2D eigenvalue weighted by Gasteiger charge is -2.26. The smallest absolute Gasteiger partial charge is 0.410 e. The molecule has 9 heteroatoms. The van der Waals surface area contributed by atoms with Crippen LogP contribution >= 0.6 is 22.7 Å². The van der Waals surface area contributed by atoms with Crippen molar-refractivity contribution in [3.8, 4) is 16.3 Å². The summed E-state index contributed by atoms with van der Waals surface area (Å²) in [5.74, 6) is 0.397. The number of carbonyl (C=O) groups is 2. The molecule has 0 saturated carbocycles. The Kier molecular flexibility index (Phi) is 6.70. The molecular weight excluding hydrogens is 482 g/mol. The highest BCUT2D eigenvalue weighted by Crippen LogP contribution is 2.45. The molecule has 35 heavy (non-hydrogen) atoms. The molecule has 1 atom stereocenters. The first-order chi connectivity index (χ1) is 17.0. The number of aromatic nitrogens is 1. The average Bonchev–Trinajstić information content (AvgIpc) is 3.44. The number of thiophene rings is 1. The minimum Gasteiger partial charge on any atom is -0.481 e. The van der Waals surface area contributed by atoms with Crippen LogP contribution in [0.5, 0.6) is 5.75 Å². The van der Waals surface area contributed by atoms with Gasteiger partial charge in [-0.1, -0.05) is 30.3 Å². The lowest BCUT2D eigenvalue weighted by atomic mass is 10.0. The maximum absolute atomic E-state index is 13.1. The number of hydrogen-bond donors (Lipinski definition) is 1. The number of fused-ring (bicyclic) bond motifs is 2. The van der Waals surface area contributed by atoms with Crippen molar-refractivity contribution >= 4 is 49.9 Å². The number of carbonyl (C=O) groups excluding carboxylic acids is 2. The Morgan fingerprint density at radius 3 is 2.66 bits per heavy atom. The van der Waals surface area contributed by atoms with Gasteiger partial charge in [0.2, 0.25) is 0 Å². The molecule has 3 heterocycles. The number of thiazole rings is 1. The van der Waals surface area contributed by atoms with Crippen molar-refractivity contribution in [1.29, 1.82) is 0 Å². The van der Waals surface area contributed by atoms with Gasteiger partial charge in [0.1, 0.15) is 15.8 Å². The first-order valence-electron chi connectivity index (χ1n) is 11.5. The number of nitrogens with zero attached hydrogens (tertiary/aromatic N) is 2. The van der Waals surface area contributed by atoms with Crippen LogP contribution in [0.3, 0.4) is 0 Å². The van der Waals surface area contributed by atoms with Crippen molar-refractivity contribution in [1.82, 2.24) is 9.88 Å². The van der Waals surface area contributed by atoms with E-state index in [-0.39, 0.29) is 12.0 Å². The summed E-state index contributed by atoms with van der Waals surface area (Å²) in [5, 5.41) is 4.68. The van der Waals surface area contributed by atoms with E-state index in [2.05, 4.69) is 5.32 Å². The van der Waals surface area contributed by atoms with E-state index in [9.17, 15) is 9.59 Å². The topological polar surface area (TPSA) is 80.8 Å². The van der Waals surface area contributed by atoms with E-state index in [0.29, 0.717) is 31.9 Å². The number of rotatable bonds is 6. The molecular formula is C26H25N3O4S2. The minimum atomic E-state index is -0.684. The molecule has 0 saturated heterocycles. The van der Waals surface area contributed by atoms with E-state index >= 15 is 0 Å². The second-order valence-corrected chi connectivity index (χ2v) is 10.3. The lowest BCUT2D eigenvalue weighted by Crippen LogP contribution is -2.35. The van der Waals surface area contributed by atoms with Gasteiger partial charge in [0, 0.05) is 17.0 Å².